The van der Waals surface area contributed by atoms with E-state index in [2.05, 4.69) is 9.98 Å². The second-order valence-electron chi connectivity index (χ2n) is 3.97. The molecular weight excluding hydrogens is 233 g/mol. The van der Waals surface area contributed by atoms with Crippen molar-refractivity contribution in [2.45, 2.75) is 31.4 Å². The summed E-state index contributed by atoms with van der Waals surface area (Å²) in [6.45, 7) is 0. The van der Waals surface area contributed by atoms with Gasteiger partial charge in [0.25, 0.3) is 0 Å². The third-order valence-electron chi connectivity index (χ3n) is 2.90. The zero-order valence-electron chi connectivity index (χ0n) is 8.79. The number of aliphatic imine (C=N–C) groups is 1. The monoisotopic (exact) mass is 242 g/mol. The van der Waals surface area contributed by atoms with Crippen LogP contribution in [-0.2, 0) is 11.0 Å². The molecule has 0 unspecified atom stereocenters. The Kier molecular flexibility index (Phi) is 2.98. The predicted molar refractivity (Wildman–Crippen MR) is 53.6 cm³/mol. The van der Waals surface area contributed by atoms with Crippen molar-refractivity contribution in [1.82, 2.24) is 4.98 Å². The molecule has 1 fully saturated rings. The Labute approximate surface area is 95.4 Å². The molecule has 17 heavy (non-hydrogen) atoms. The van der Waals surface area contributed by atoms with Gasteiger partial charge in [0.2, 0.25) is 6.08 Å². The van der Waals surface area contributed by atoms with Crippen LogP contribution in [0, 0.1) is 0 Å². The van der Waals surface area contributed by atoms with E-state index in [0.717, 1.165) is 25.3 Å². The molecule has 2 rings (SSSR count). The highest BCUT2D eigenvalue weighted by Crippen LogP contribution is 2.40. The maximum absolute atomic E-state index is 12.5. The minimum atomic E-state index is -4.60. The van der Waals surface area contributed by atoms with Gasteiger partial charge in [-0.25, -0.2) is 9.78 Å². The summed E-state index contributed by atoms with van der Waals surface area (Å²) >= 11 is 0. The van der Waals surface area contributed by atoms with E-state index < -0.39 is 17.6 Å². The summed E-state index contributed by atoms with van der Waals surface area (Å²) < 4.78 is 37.6. The van der Waals surface area contributed by atoms with Gasteiger partial charge < -0.3 is 0 Å². The highest BCUT2D eigenvalue weighted by atomic mass is 19.4. The Morgan fingerprint density at radius 3 is 2.59 bits per heavy atom. The van der Waals surface area contributed by atoms with E-state index in [4.69, 9.17) is 0 Å². The molecule has 0 aromatic carbocycles. The topological polar surface area (TPSA) is 42.3 Å². The first kappa shape index (κ1) is 11.8. The molecular formula is C11H9F3N2O. The van der Waals surface area contributed by atoms with E-state index in [1.54, 1.807) is 0 Å². The first-order chi connectivity index (χ1) is 8.02. The molecule has 1 aliphatic rings. The molecule has 0 aliphatic heterocycles. The molecule has 1 aromatic rings. The second kappa shape index (κ2) is 4.30. The lowest BCUT2D eigenvalue weighted by molar-refractivity contribution is -0.140. The van der Waals surface area contributed by atoms with Crippen LogP contribution in [0.1, 0.15) is 36.4 Å². The van der Waals surface area contributed by atoms with Gasteiger partial charge in [-0.2, -0.15) is 18.2 Å². The maximum Gasteiger partial charge on any atom is 0.435 e. The van der Waals surface area contributed by atoms with E-state index in [-0.39, 0.29) is 5.92 Å². The van der Waals surface area contributed by atoms with Gasteiger partial charge in [-0.15, -0.1) is 0 Å². The number of isocyanates is 1. The average molecular weight is 242 g/mol. The fourth-order valence-corrected chi connectivity index (χ4v) is 1.79. The Hall–Kier alpha value is -1.68. The Morgan fingerprint density at radius 2 is 2.12 bits per heavy atom. The zero-order valence-corrected chi connectivity index (χ0v) is 8.79. The first-order valence-corrected chi connectivity index (χ1v) is 5.17. The molecule has 1 heterocycles. The average Bonchev–Trinajstić information content (AvgIpc) is 2.13. The van der Waals surface area contributed by atoms with Crippen LogP contribution in [0.4, 0.5) is 18.9 Å². The molecule has 1 aliphatic carbocycles. The maximum atomic E-state index is 12.5. The fourth-order valence-electron chi connectivity index (χ4n) is 1.79. The third kappa shape index (κ3) is 2.36. The smallest absolute Gasteiger partial charge is 0.249 e. The van der Waals surface area contributed by atoms with Gasteiger partial charge in [-0.05, 0) is 30.4 Å². The summed E-state index contributed by atoms with van der Waals surface area (Å²) in [4.78, 5) is 16.6. The number of aromatic nitrogens is 1. The second-order valence-corrected chi connectivity index (χ2v) is 3.97. The summed E-state index contributed by atoms with van der Waals surface area (Å²) in [5.74, 6) is 0.241. The van der Waals surface area contributed by atoms with Gasteiger partial charge in [0.1, 0.15) is 5.69 Å². The van der Waals surface area contributed by atoms with E-state index in [0.29, 0.717) is 5.56 Å². The molecule has 0 spiro atoms. The Balaban J connectivity index is 2.44. The lowest BCUT2D eigenvalue weighted by Crippen LogP contribution is -2.12. The quantitative estimate of drug-likeness (QED) is 0.589. The van der Waals surface area contributed by atoms with Crippen molar-refractivity contribution in [3.63, 3.8) is 0 Å². The summed E-state index contributed by atoms with van der Waals surface area (Å²) in [6, 6.07) is 1.28. The summed E-state index contributed by atoms with van der Waals surface area (Å²) in [6.07, 6.45) is 0.700. The molecule has 1 saturated carbocycles. The van der Waals surface area contributed by atoms with Gasteiger partial charge in [-0.3, -0.25) is 0 Å². The predicted octanol–water partition coefficient (Wildman–Crippen LogP) is 3.34. The van der Waals surface area contributed by atoms with Gasteiger partial charge >= 0.3 is 6.18 Å². The molecule has 0 saturated heterocycles. The van der Waals surface area contributed by atoms with Crippen LogP contribution in [0.3, 0.4) is 0 Å². The molecule has 6 heteroatoms. The van der Waals surface area contributed by atoms with E-state index in [9.17, 15) is 18.0 Å². The van der Waals surface area contributed by atoms with Crippen molar-refractivity contribution in [2.75, 3.05) is 0 Å². The van der Waals surface area contributed by atoms with Gasteiger partial charge in [0, 0.05) is 6.20 Å². The fraction of sp³-hybridized carbons (Fsp3) is 0.455. The van der Waals surface area contributed by atoms with Crippen LogP contribution in [0.15, 0.2) is 17.3 Å². The minimum absolute atomic E-state index is 0.241. The van der Waals surface area contributed by atoms with Crippen LogP contribution < -0.4 is 0 Å². The van der Waals surface area contributed by atoms with Gasteiger partial charge in [0.05, 0.1) is 0 Å². The van der Waals surface area contributed by atoms with Gasteiger partial charge in [-0.1, -0.05) is 6.42 Å². The van der Waals surface area contributed by atoms with Crippen molar-refractivity contribution in [3.8, 4) is 0 Å². The zero-order chi connectivity index (χ0) is 12.5. The van der Waals surface area contributed by atoms with Crippen LogP contribution >= 0.6 is 0 Å². The molecule has 3 nitrogen and oxygen atoms in total. The third-order valence-corrected chi connectivity index (χ3v) is 2.90. The minimum Gasteiger partial charge on any atom is -0.249 e. The number of hydrogen-bond acceptors (Lipinski definition) is 3. The number of alkyl halides is 3. The lowest BCUT2D eigenvalue weighted by atomic mass is 9.80. The van der Waals surface area contributed by atoms with Crippen molar-refractivity contribution in [1.29, 1.82) is 0 Å². The number of rotatable bonds is 2. The number of pyridine rings is 1. The molecule has 90 valence electrons. The Morgan fingerprint density at radius 1 is 1.41 bits per heavy atom. The lowest BCUT2D eigenvalue weighted by Gasteiger charge is -2.25. The standard InChI is InChI=1S/C11H9F3N2O/c12-11(13,14)10-9(16-6-17)4-8(5-15-10)7-2-1-3-7/h4-5,7H,1-3H2. The SMILES string of the molecule is O=C=Nc1cc(C2CCC2)cnc1C(F)(F)F. The van der Waals surface area contributed by atoms with E-state index in [1.165, 1.54) is 12.3 Å². The molecule has 0 bridgehead atoms. The molecule has 0 atom stereocenters. The van der Waals surface area contributed by atoms with Crippen LogP contribution in [0.5, 0.6) is 0 Å². The highest BCUT2D eigenvalue weighted by molar-refractivity contribution is 5.54. The van der Waals surface area contributed by atoms with Gasteiger partial charge in [0.15, 0.2) is 5.69 Å². The largest absolute Gasteiger partial charge is 0.435 e. The molecule has 0 N–H and O–H groups in total. The van der Waals surface area contributed by atoms with Crippen LogP contribution in [0.2, 0.25) is 0 Å². The van der Waals surface area contributed by atoms with Crippen molar-refractivity contribution in [2.24, 2.45) is 4.99 Å². The summed E-state index contributed by atoms with van der Waals surface area (Å²) in [7, 11) is 0. The number of nitrogens with zero attached hydrogens (tertiary/aromatic N) is 2. The highest BCUT2D eigenvalue weighted by Gasteiger charge is 2.36. The van der Waals surface area contributed by atoms with Crippen LogP contribution in [0.25, 0.3) is 0 Å². The number of halogens is 3. The molecule has 1 aromatic heterocycles. The normalized spacial score (nSPS) is 16.2. The van der Waals surface area contributed by atoms with Crippen molar-refractivity contribution >= 4 is 11.8 Å². The summed E-state index contributed by atoms with van der Waals surface area (Å²) in [5.41, 5.74) is -0.876. The summed E-state index contributed by atoms with van der Waals surface area (Å²) in [5, 5.41) is 0. The molecule has 0 radical (unpaired) electrons. The van der Waals surface area contributed by atoms with Crippen molar-refractivity contribution < 1.29 is 18.0 Å². The first-order valence-electron chi connectivity index (χ1n) is 5.17. The van der Waals surface area contributed by atoms with Crippen molar-refractivity contribution in [3.05, 3.63) is 23.5 Å². The Bertz CT molecular complexity index is 474. The number of hydrogen-bond donors (Lipinski definition) is 0. The van der Waals surface area contributed by atoms with E-state index in [1.807, 2.05) is 0 Å². The number of carbonyl (C=O) groups excluding carboxylic acids is 1. The molecule has 0 amide bonds. The van der Waals surface area contributed by atoms with E-state index >= 15 is 0 Å². The van der Waals surface area contributed by atoms with Crippen LogP contribution in [-0.4, -0.2) is 11.1 Å².